The second-order valence-electron chi connectivity index (χ2n) is 6.69. The molecule has 1 saturated heterocycles. The van der Waals surface area contributed by atoms with E-state index in [0.29, 0.717) is 30.5 Å². The summed E-state index contributed by atoms with van der Waals surface area (Å²) in [7, 11) is 0. The molecular weight excluding hydrogens is 296 g/mol. The molecule has 2 fully saturated rings. The summed E-state index contributed by atoms with van der Waals surface area (Å²) in [5.41, 5.74) is 1.60. The molecule has 1 saturated carbocycles. The third kappa shape index (κ3) is 2.95. The van der Waals surface area contributed by atoms with Crippen LogP contribution in [0.5, 0.6) is 0 Å². The van der Waals surface area contributed by atoms with E-state index >= 15 is 0 Å². The van der Waals surface area contributed by atoms with Gasteiger partial charge in [0.05, 0.1) is 4.92 Å². The molecule has 23 heavy (non-hydrogen) atoms. The van der Waals surface area contributed by atoms with Crippen molar-refractivity contribution in [1.82, 2.24) is 4.90 Å². The van der Waals surface area contributed by atoms with Crippen molar-refractivity contribution in [3.05, 3.63) is 39.4 Å². The molecule has 1 N–H and O–H groups in total. The Kier molecular flexibility index (Phi) is 4.35. The highest BCUT2D eigenvalue weighted by atomic mass is 16.6. The maximum absolute atomic E-state index is 11.7. The Balaban J connectivity index is 1.89. The zero-order valence-electron chi connectivity index (χ0n) is 13.3. The van der Waals surface area contributed by atoms with Crippen LogP contribution in [0.25, 0.3) is 0 Å². The molecule has 1 aromatic carbocycles. The molecule has 3 atom stereocenters. The van der Waals surface area contributed by atoms with Crippen LogP contribution < -0.4 is 0 Å². The van der Waals surface area contributed by atoms with Crippen LogP contribution in [0.1, 0.15) is 43.2 Å². The summed E-state index contributed by atoms with van der Waals surface area (Å²) >= 11 is 0. The maximum atomic E-state index is 11.7. The lowest BCUT2D eigenvalue weighted by Gasteiger charge is -2.33. The van der Waals surface area contributed by atoms with Gasteiger partial charge < -0.3 is 5.11 Å². The van der Waals surface area contributed by atoms with Crippen molar-refractivity contribution in [2.75, 3.05) is 0 Å². The average molecular weight is 318 g/mol. The van der Waals surface area contributed by atoms with E-state index in [1.54, 1.807) is 13.0 Å². The molecule has 6 heteroatoms. The molecule has 0 radical (unpaired) electrons. The molecule has 6 nitrogen and oxygen atoms in total. The molecule has 1 heterocycles. The summed E-state index contributed by atoms with van der Waals surface area (Å²) in [4.78, 5) is 24.5. The van der Waals surface area contributed by atoms with Gasteiger partial charge in [-0.25, -0.2) is 0 Å². The number of nitro groups is 1. The number of benzene rings is 1. The number of carboxylic acid groups (broad SMARTS) is 1. The zero-order chi connectivity index (χ0) is 16.6. The zero-order valence-corrected chi connectivity index (χ0v) is 13.3. The van der Waals surface area contributed by atoms with Crippen LogP contribution in [0, 0.1) is 23.0 Å². The number of carbonyl (C=O) groups is 1. The Morgan fingerprint density at radius 3 is 2.83 bits per heavy atom. The van der Waals surface area contributed by atoms with Crippen molar-refractivity contribution < 1.29 is 14.8 Å². The van der Waals surface area contributed by atoms with Crippen LogP contribution in [0.2, 0.25) is 0 Å². The molecule has 3 unspecified atom stereocenters. The van der Waals surface area contributed by atoms with Crippen LogP contribution in [0.15, 0.2) is 18.2 Å². The average Bonchev–Trinajstić information content (AvgIpc) is 2.88. The second kappa shape index (κ2) is 6.28. The predicted octanol–water partition coefficient (Wildman–Crippen LogP) is 3.12. The van der Waals surface area contributed by atoms with Gasteiger partial charge in [-0.15, -0.1) is 0 Å². The van der Waals surface area contributed by atoms with Gasteiger partial charge >= 0.3 is 5.97 Å². The van der Waals surface area contributed by atoms with Gasteiger partial charge in [-0.05, 0) is 37.7 Å². The van der Waals surface area contributed by atoms with Crippen LogP contribution in [-0.4, -0.2) is 33.0 Å². The summed E-state index contributed by atoms with van der Waals surface area (Å²) in [6, 6.07) is 4.88. The van der Waals surface area contributed by atoms with Gasteiger partial charge in [0, 0.05) is 24.2 Å². The molecule has 3 rings (SSSR count). The highest BCUT2D eigenvalue weighted by molar-refractivity contribution is 5.74. The second-order valence-corrected chi connectivity index (χ2v) is 6.69. The SMILES string of the molecule is Cc1c(CN2C(C(=O)O)CC3CCCCC32)cccc1[N+](=O)[O-]. The number of nitrogens with zero attached hydrogens (tertiary/aromatic N) is 2. The largest absolute Gasteiger partial charge is 0.480 e. The maximum Gasteiger partial charge on any atom is 0.320 e. The summed E-state index contributed by atoms with van der Waals surface area (Å²) in [6.07, 6.45) is 5.14. The number of rotatable bonds is 4. The number of likely N-dealkylation sites (tertiary alicyclic amines) is 1. The smallest absolute Gasteiger partial charge is 0.320 e. The third-order valence-electron chi connectivity index (χ3n) is 5.47. The van der Waals surface area contributed by atoms with Crippen molar-refractivity contribution in [3.8, 4) is 0 Å². The lowest BCUT2D eigenvalue weighted by Crippen LogP contribution is -2.41. The van der Waals surface area contributed by atoms with Gasteiger partial charge in [-0.2, -0.15) is 0 Å². The van der Waals surface area contributed by atoms with E-state index in [-0.39, 0.29) is 10.6 Å². The Labute approximate surface area is 135 Å². The summed E-state index contributed by atoms with van der Waals surface area (Å²) in [5.74, 6) is -0.327. The first kappa shape index (κ1) is 15.9. The molecule has 1 aliphatic carbocycles. The van der Waals surface area contributed by atoms with E-state index < -0.39 is 12.0 Å². The quantitative estimate of drug-likeness (QED) is 0.681. The highest BCUT2D eigenvalue weighted by Gasteiger charge is 2.45. The molecule has 2 aliphatic rings. The molecular formula is C17H22N2O4. The number of hydrogen-bond acceptors (Lipinski definition) is 4. The van der Waals surface area contributed by atoms with E-state index in [1.807, 2.05) is 6.07 Å². The fourth-order valence-corrected chi connectivity index (χ4v) is 4.26. The first-order chi connectivity index (χ1) is 11.0. The molecule has 124 valence electrons. The summed E-state index contributed by atoms with van der Waals surface area (Å²) in [6.45, 7) is 2.23. The van der Waals surface area contributed by atoms with Crippen LogP contribution >= 0.6 is 0 Å². The Bertz CT molecular complexity index is 631. The molecule has 0 spiro atoms. The van der Waals surface area contributed by atoms with Gasteiger partial charge in [0.2, 0.25) is 0 Å². The van der Waals surface area contributed by atoms with Crippen molar-refractivity contribution in [3.63, 3.8) is 0 Å². The van der Waals surface area contributed by atoms with Crippen molar-refractivity contribution in [1.29, 1.82) is 0 Å². The van der Waals surface area contributed by atoms with E-state index in [9.17, 15) is 20.0 Å². The van der Waals surface area contributed by atoms with Crippen molar-refractivity contribution in [2.24, 2.45) is 5.92 Å². The van der Waals surface area contributed by atoms with E-state index in [2.05, 4.69) is 4.90 Å². The fourth-order valence-electron chi connectivity index (χ4n) is 4.26. The first-order valence-corrected chi connectivity index (χ1v) is 8.20. The number of aliphatic carboxylic acids is 1. The normalized spacial score (nSPS) is 27.6. The monoisotopic (exact) mass is 318 g/mol. The van der Waals surface area contributed by atoms with E-state index in [4.69, 9.17) is 0 Å². The van der Waals surface area contributed by atoms with Crippen molar-refractivity contribution in [2.45, 2.75) is 57.7 Å². The van der Waals surface area contributed by atoms with Crippen LogP contribution in [0.3, 0.4) is 0 Å². The highest BCUT2D eigenvalue weighted by Crippen LogP contribution is 2.41. The Morgan fingerprint density at radius 2 is 2.13 bits per heavy atom. The van der Waals surface area contributed by atoms with Gasteiger partial charge in [0.15, 0.2) is 0 Å². The molecule has 0 aromatic heterocycles. The van der Waals surface area contributed by atoms with E-state index in [1.165, 1.54) is 12.5 Å². The summed E-state index contributed by atoms with van der Waals surface area (Å²) < 4.78 is 0. The Morgan fingerprint density at radius 1 is 1.39 bits per heavy atom. The molecule has 1 aromatic rings. The lowest BCUT2D eigenvalue weighted by atomic mass is 9.84. The number of hydrogen-bond donors (Lipinski definition) is 1. The minimum Gasteiger partial charge on any atom is -0.480 e. The summed E-state index contributed by atoms with van der Waals surface area (Å²) in [5, 5.41) is 20.7. The van der Waals surface area contributed by atoms with E-state index in [0.717, 1.165) is 24.8 Å². The van der Waals surface area contributed by atoms with Gasteiger partial charge in [0.25, 0.3) is 5.69 Å². The molecule has 1 aliphatic heterocycles. The van der Waals surface area contributed by atoms with Crippen molar-refractivity contribution >= 4 is 11.7 Å². The fraction of sp³-hybridized carbons (Fsp3) is 0.588. The van der Waals surface area contributed by atoms with Gasteiger partial charge in [0.1, 0.15) is 6.04 Å². The molecule has 0 amide bonds. The van der Waals surface area contributed by atoms with Gasteiger partial charge in [-0.1, -0.05) is 25.0 Å². The standard InChI is InChI=1S/C17H22N2O4/c1-11-13(6-4-8-14(11)19(22)23)10-18-15-7-3-2-5-12(15)9-16(18)17(20)21/h4,6,8,12,15-16H,2-3,5,7,9-10H2,1H3,(H,20,21). The van der Waals surface area contributed by atoms with Crippen LogP contribution in [-0.2, 0) is 11.3 Å². The number of carboxylic acids is 1. The number of nitro benzene ring substituents is 1. The topological polar surface area (TPSA) is 83.7 Å². The Hall–Kier alpha value is -1.95. The molecule has 0 bridgehead atoms. The minimum atomic E-state index is -0.775. The minimum absolute atomic E-state index is 0.105. The predicted molar refractivity (Wildman–Crippen MR) is 85.2 cm³/mol. The van der Waals surface area contributed by atoms with Crippen LogP contribution in [0.4, 0.5) is 5.69 Å². The number of fused-ring (bicyclic) bond motifs is 1. The third-order valence-corrected chi connectivity index (χ3v) is 5.47. The lowest BCUT2D eigenvalue weighted by molar-refractivity contribution is -0.385. The first-order valence-electron chi connectivity index (χ1n) is 8.20. The van der Waals surface area contributed by atoms with Gasteiger partial charge in [-0.3, -0.25) is 19.8 Å².